The maximum atomic E-state index is 11.3. The number of carbonyl (C=O) groups excluding carboxylic acids is 2. The van der Waals surface area contributed by atoms with E-state index >= 15 is 0 Å². The fourth-order valence-electron chi connectivity index (χ4n) is 1.08. The van der Waals surface area contributed by atoms with Gasteiger partial charge in [0.25, 0.3) is 0 Å². The molecule has 0 aromatic heterocycles. The van der Waals surface area contributed by atoms with Crippen LogP contribution in [0.1, 0.15) is 26.7 Å². The molecule has 0 spiro atoms. The minimum absolute atomic E-state index is 0.0945. The molecule has 1 aliphatic rings. The number of hydrogen-bond acceptors (Lipinski definition) is 3. The van der Waals surface area contributed by atoms with Crippen molar-refractivity contribution < 1.29 is 14.3 Å². The highest BCUT2D eigenvalue weighted by atomic mass is 16.5. The number of ether oxygens (including phenoxy) is 1. The Morgan fingerprint density at radius 3 is 2.23 bits per heavy atom. The monoisotopic (exact) mass is 185 g/mol. The van der Waals surface area contributed by atoms with E-state index in [1.165, 1.54) is 7.11 Å². The molecule has 0 bridgehead atoms. The first kappa shape index (κ1) is 10.0. The summed E-state index contributed by atoms with van der Waals surface area (Å²) in [5.74, 6) is -0.522. The first-order valence-electron chi connectivity index (χ1n) is 4.42. The molecule has 0 aromatic carbocycles. The lowest BCUT2D eigenvalue weighted by Crippen LogP contribution is -2.45. The van der Waals surface area contributed by atoms with Gasteiger partial charge in [-0.15, -0.1) is 0 Å². The number of carbonyl (C=O) groups is 2. The van der Waals surface area contributed by atoms with Crippen molar-refractivity contribution in [2.45, 2.75) is 32.2 Å². The van der Waals surface area contributed by atoms with E-state index in [2.05, 4.69) is 10.1 Å². The van der Waals surface area contributed by atoms with E-state index in [9.17, 15) is 9.59 Å². The van der Waals surface area contributed by atoms with Crippen molar-refractivity contribution in [2.75, 3.05) is 7.11 Å². The summed E-state index contributed by atoms with van der Waals surface area (Å²) < 4.78 is 4.60. The standard InChI is InChI=1S/C9H15NO3/c1-6(2)7(11)10-9(4-5-9)8(12)13-3/h6H,4-5H2,1-3H3,(H,10,11). The second kappa shape index (κ2) is 3.36. The van der Waals surface area contributed by atoms with Crippen LogP contribution in [0.3, 0.4) is 0 Å². The van der Waals surface area contributed by atoms with Crippen LogP contribution in [0, 0.1) is 5.92 Å². The quantitative estimate of drug-likeness (QED) is 0.650. The van der Waals surface area contributed by atoms with E-state index in [-0.39, 0.29) is 17.8 Å². The molecular weight excluding hydrogens is 170 g/mol. The molecule has 0 unspecified atom stereocenters. The Labute approximate surface area is 77.6 Å². The molecule has 0 aromatic rings. The minimum atomic E-state index is -0.698. The van der Waals surface area contributed by atoms with E-state index in [0.717, 1.165) is 0 Å². The van der Waals surface area contributed by atoms with E-state index in [1.807, 2.05) is 0 Å². The molecule has 1 aliphatic carbocycles. The summed E-state index contributed by atoms with van der Waals surface area (Å²) in [5, 5.41) is 2.70. The second-order valence-corrected chi connectivity index (χ2v) is 3.72. The first-order valence-corrected chi connectivity index (χ1v) is 4.42. The highest BCUT2D eigenvalue weighted by Crippen LogP contribution is 2.36. The van der Waals surface area contributed by atoms with Crippen LogP contribution in [0.15, 0.2) is 0 Å². The summed E-state index contributed by atoms with van der Waals surface area (Å²) in [6.07, 6.45) is 1.39. The second-order valence-electron chi connectivity index (χ2n) is 3.72. The fraction of sp³-hybridized carbons (Fsp3) is 0.778. The molecule has 13 heavy (non-hydrogen) atoms. The lowest BCUT2D eigenvalue weighted by molar-refractivity contribution is -0.146. The van der Waals surface area contributed by atoms with Gasteiger partial charge in [0, 0.05) is 5.92 Å². The lowest BCUT2D eigenvalue weighted by atomic mass is 10.2. The minimum Gasteiger partial charge on any atom is -0.467 e. The SMILES string of the molecule is COC(=O)C1(NC(=O)C(C)C)CC1. The Bertz CT molecular complexity index is 231. The van der Waals surface area contributed by atoms with Gasteiger partial charge in [-0.05, 0) is 12.8 Å². The van der Waals surface area contributed by atoms with Crippen molar-refractivity contribution in [1.29, 1.82) is 0 Å². The van der Waals surface area contributed by atoms with Crippen LogP contribution >= 0.6 is 0 Å². The summed E-state index contributed by atoms with van der Waals surface area (Å²) in [5.41, 5.74) is -0.698. The fourth-order valence-corrected chi connectivity index (χ4v) is 1.08. The number of nitrogens with one attached hydrogen (secondary N) is 1. The van der Waals surface area contributed by atoms with Gasteiger partial charge in [0.15, 0.2) is 0 Å². The van der Waals surface area contributed by atoms with Gasteiger partial charge < -0.3 is 10.1 Å². The predicted octanol–water partition coefficient (Wildman–Crippen LogP) is 0.464. The third kappa shape index (κ3) is 1.99. The smallest absolute Gasteiger partial charge is 0.331 e. The van der Waals surface area contributed by atoms with Crippen LogP contribution in [0.4, 0.5) is 0 Å². The van der Waals surface area contributed by atoms with Crippen molar-refractivity contribution in [3.05, 3.63) is 0 Å². The third-order valence-corrected chi connectivity index (χ3v) is 2.21. The van der Waals surface area contributed by atoms with Crippen molar-refractivity contribution >= 4 is 11.9 Å². The average molecular weight is 185 g/mol. The summed E-state index contributed by atoms with van der Waals surface area (Å²) in [6, 6.07) is 0. The number of rotatable bonds is 3. The van der Waals surface area contributed by atoms with E-state index in [0.29, 0.717) is 12.8 Å². The third-order valence-electron chi connectivity index (χ3n) is 2.21. The Morgan fingerprint density at radius 1 is 1.38 bits per heavy atom. The zero-order valence-corrected chi connectivity index (χ0v) is 8.22. The topological polar surface area (TPSA) is 55.4 Å². The van der Waals surface area contributed by atoms with Crippen LogP contribution in [-0.2, 0) is 14.3 Å². The number of amides is 1. The lowest BCUT2D eigenvalue weighted by Gasteiger charge is -2.15. The van der Waals surface area contributed by atoms with Crippen LogP contribution in [0.2, 0.25) is 0 Å². The molecule has 1 saturated carbocycles. The normalized spacial score (nSPS) is 18.2. The van der Waals surface area contributed by atoms with E-state index in [1.54, 1.807) is 13.8 Å². The number of esters is 1. The molecule has 0 heterocycles. The Balaban J connectivity index is 2.53. The molecule has 4 heteroatoms. The Morgan fingerprint density at radius 2 is 1.92 bits per heavy atom. The maximum absolute atomic E-state index is 11.3. The highest BCUT2D eigenvalue weighted by Gasteiger charge is 2.52. The van der Waals surface area contributed by atoms with Crippen LogP contribution in [0.5, 0.6) is 0 Å². The molecule has 0 atom stereocenters. The van der Waals surface area contributed by atoms with Crippen LogP contribution in [0.25, 0.3) is 0 Å². The Hall–Kier alpha value is -1.06. The Kier molecular flexibility index (Phi) is 2.59. The number of methoxy groups -OCH3 is 1. The molecule has 1 amide bonds. The maximum Gasteiger partial charge on any atom is 0.331 e. The van der Waals surface area contributed by atoms with E-state index < -0.39 is 5.54 Å². The zero-order valence-electron chi connectivity index (χ0n) is 8.22. The largest absolute Gasteiger partial charge is 0.467 e. The molecular formula is C9H15NO3. The van der Waals surface area contributed by atoms with Gasteiger partial charge >= 0.3 is 5.97 Å². The van der Waals surface area contributed by atoms with Gasteiger partial charge in [-0.3, -0.25) is 4.79 Å². The summed E-state index contributed by atoms with van der Waals surface area (Å²) >= 11 is 0. The van der Waals surface area contributed by atoms with Gasteiger partial charge in [-0.2, -0.15) is 0 Å². The first-order chi connectivity index (χ1) is 6.02. The molecule has 1 N–H and O–H groups in total. The number of hydrogen-bond donors (Lipinski definition) is 1. The molecule has 1 fully saturated rings. The molecule has 0 aliphatic heterocycles. The summed E-state index contributed by atoms with van der Waals surface area (Å²) in [6.45, 7) is 3.59. The molecule has 1 rings (SSSR count). The van der Waals surface area contributed by atoms with Crippen molar-refractivity contribution in [1.82, 2.24) is 5.32 Å². The van der Waals surface area contributed by atoms with Crippen molar-refractivity contribution in [3.63, 3.8) is 0 Å². The van der Waals surface area contributed by atoms with Gasteiger partial charge in [0.2, 0.25) is 5.91 Å². The van der Waals surface area contributed by atoms with Gasteiger partial charge in [-0.25, -0.2) is 4.79 Å². The summed E-state index contributed by atoms with van der Waals surface area (Å²) in [4.78, 5) is 22.5. The predicted molar refractivity (Wildman–Crippen MR) is 47.0 cm³/mol. The van der Waals surface area contributed by atoms with Crippen LogP contribution < -0.4 is 5.32 Å². The molecule has 0 radical (unpaired) electrons. The van der Waals surface area contributed by atoms with Gasteiger partial charge in [-0.1, -0.05) is 13.8 Å². The van der Waals surface area contributed by atoms with Crippen LogP contribution in [-0.4, -0.2) is 24.5 Å². The van der Waals surface area contributed by atoms with E-state index in [4.69, 9.17) is 0 Å². The highest BCUT2D eigenvalue weighted by molar-refractivity contribution is 5.91. The summed E-state index contributed by atoms with van der Waals surface area (Å²) in [7, 11) is 1.34. The zero-order chi connectivity index (χ0) is 10.1. The van der Waals surface area contributed by atoms with Gasteiger partial charge in [0.05, 0.1) is 7.11 Å². The van der Waals surface area contributed by atoms with Gasteiger partial charge in [0.1, 0.15) is 5.54 Å². The molecule has 0 saturated heterocycles. The molecule has 4 nitrogen and oxygen atoms in total. The van der Waals surface area contributed by atoms with Crippen molar-refractivity contribution in [3.8, 4) is 0 Å². The molecule has 74 valence electrons. The average Bonchev–Trinajstić information content (AvgIpc) is 2.84. The van der Waals surface area contributed by atoms with Crippen molar-refractivity contribution in [2.24, 2.45) is 5.92 Å².